The lowest BCUT2D eigenvalue weighted by Gasteiger charge is -2.38. The highest BCUT2D eigenvalue weighted by molar-refractivity contribution is 5.79. The van der Waals surface area contributed by atoms with Crippen molar-refractivity contribution in [1.29, 1.82) is 0 Å². The highest BCUT2D eigenvalue weighted by atomic mass is 16.6. The fourth-order valence-corrected chi connectivity index (χ4v) is 2.46. The monoisotopic (exact) mass is 284 g/mol. The lowest BCUT2D eigenvalue weighted by molar-refractivity contribution is -0.184. The maximum Gasteiger partial charge on any atom is 0.312 e. The number of carbonyl (C=O) groups is 2. The standard InChI is InChI=1S/C16H28O4/c1-7-9-12-16(11(3)4,10-13(17)19-12)20-14(18)15(5,6)8-2/h11-12H,7-10H2,1-6H3. The number of carbonyl (C=O) groups excluding carboxylic acids is 2. The first-order valence-corrected chi connectivity index (χ1v) is 7.62. The Bertz CT molecular complexity index is 373. The molecule has 0 aromatic carbocycles. The van der Waals surface area contributed by atoms with Gasteiger partial charge in [-0.1, -0.05) is 34.1 Å². The summed E-state index contributed by atoms with van der Waals surface area (Å²) in [6, 6.07) is 0. The van der Waals surface area contributed by atoms with Gasteiger partial charge >= 0.3 is 11.9 Å². The molecule has 0 radical (unpaired) electrons. The number of ether oxygens (including phenoxy) is 2. The zero-order chi connectivity index (χ0) is 15.6. The third-order valence-electron chi connectivity index (χ3n) is 4.49. The van der Waals surface area contributed by atoms with Crippen LogP contribution < -0.4 is 0 Å². The summed E-state index contributed by atoms with van der Waals surface area (Å²) in [4.78, 5) is 24.2. The SMILES string of the molecule is CCCC1OC(=O)CC1(OC(=O)C(C)(C)CC)C(C)C. The van der Waals surface area contributed by atoms with E-state index in [0.29, 0.717) is 6.42 Å². The van der Waals surface area contributed by atoms with Crippen molar-refractivity contribution in [2.75, 3.05) is 0 Å². The molecule has 0 amide bonds. The van der Waals surface area contributed by atoms with Crippen molar-refractivity contribution in [3.8, 4) is 0 Å². The number of hydrogen-bond donors (Lipinski definition) is 0. The van der Waals surface area contributed by atoms with Crippen molar-refractivity contribution in [3.63, 3.8) is 0 Å². The van der Waals surface area contributed by atoms with Gasteiger partial charge in [0.1, 0.15) is 6.10 Å². The molecule has 4 heteroatoms. The average molecular weight is 284 g/mol. The number of cyclic esters (lactones) is 1. The van der Waals surface area contributed by atoms with Crippen LogP contribution in [0.25, 0.3) is 0 Å². The predicted octanol–water partition coefficient (Wildman–Crippen LogP) is 3.48. The second-order valence-corrected chi connectivity index (χ2v) is 6.68. The van der Waals surface area contributed by atoms with E-state index in [1.807, 2.05) is 41.5 Å². The highest BCUT2D eigenvalue weighted by Crippen LogP contribution is 2.41. The first-order chi connectivity index (χ1) is 9.19. The van der Waals surface area contributed by atoms with Crippen molar-refractivity contribution in [2.45, 2.75) is 78.9 Å². The molecule has 0 saturated carbocycles. The molecule has 2 unspecified atom stereocenters. The minimum Gasteiger partial charge on any atom is -0.458 e. The van der Waals surface area contributed by atoms with E-state index in [4.69, 9.17) is 9.47 Å². The van der Waals surface area contributed by atoms with E-state index in [0.717, 1.165) is 12.8 Å². The first kappa shape index (κ1) is 17.0. The van der Waals surface area contributed by atoms with Gasteiger partial charge in [-0.15, -0.1) is 0 Å². The average Bonchev–Trinajstić information content (AvgIpc) is 2.67. The summed E-state index contributed by atoms with van der Waals surface area (Å²) >= 11 is 0. The van der Waals surface area contributed by atoms with Crippen LogP contribution in [0.2, 0.25) is 0 Å². The largest absolute Gasteiger partial charge is 0.458 e. The van der Waals surface area contributed by atoms with Crippen molar-refractivity contribution in [1.82, 2.24) is 0 Å². The molecule has 1 rings (SSSR count). The number of rotatable bonds is 6. The molecule has 0 aromatic heterocycles. The molecule has 0 spiro atoms. The van der Waals surface area contributed by atoms with Crippen molar-refractivity contribution in [2.24, 2.45) is 11.3 Å². The minimum absolute atomic E-state index is 0.0436. The maximum atomic E-state index is 12.4. The van der Waals surface area contributed by atoms with Gasteiger partial charge in [-0.3, -0.25) is 9.59 Å². The van der Waals surface area contributed by atoms with Gasteiger partial charge < -0.3 is 9.47 Å². The van der Waals surface area contributed by atoms with Crippen molar-refractivity contribution >= 4 is 11.9 Å². The van der Waals surface area contributed by atoms with E-state index in [1.165, 1.54) is 0 Å². The second kappa shape index (κ2) is 6.15. The van der Waals surface area contributed by atoms with Gasteiger partial charge in [0.15, 0.2) is 5.60 Å². The fourth-order valence-electron chi connectivity index (χ4n) is 2.46. The van der Waals surface area contributed by atoms with E-state index < -0.39 is 11.0 Å². The predicted molar refractivity (Wildman–Crippen MR) is 77.1 cm³/mol. The van der Waals surface area contributed by atoms with Gasteiger partial charge in [-0.2, -0.15) is 0 Å². The third-order valence-corrected chi connectivity index (χ3v) is 4.49. The van der Waals surface area contributed by atoms with Crippen molar-refractivity contribution in [3.05, 3.63) is 0 Å². The summed E-state index contributed by atoms with van der Waals surface area (Å²) < 4.78 is 11.3. The Morgan fingerprint density at radius 1 is 1.45 bits per heavy atom. The highest BCUT2D eigenvalue weighted by Gasteiger charge is 2.55. The summed E-state index contributed by atoms with van der Waals surface area (Å²) in [5.41, 5.74) is -1.35. The Labute approximate surface area is 122 Å². The number of esters is 2. The molecule has 0 N–H and O–H groups in total. The normalized spacial score (nSPS) is 26.8. The van der Waals surface area contributed by atoms with Gasteiger partial charge in [0.05, 0.1) is 11.8 Å². The van der Waals surface area contributed by atoms with Crippen LogP contribution >= 0.6 is 0 Å². The van der Waals surface area contributed by atoms with Gasteiger partial charge in [0.2, 0.25) is 0 Å². The molecule has 4 nitrogen and oxygen atoms in total. The van der Waals surface area contributed by atoms with Crippen LogP contribution in [0.5, 0.6) is 0 Å². The van der Waals surface area contributed by atoms with Crippen LogP contribution in [0.3, 0.4) is 0 Å². The van der Waals surface area contributed by atoms with Crippen molar-refractivity contribution < 1.29 is 19.1 Å². The minimum atomic E-state index is -0.809. The second-order valence-electron chi connectivity index (χ2n) is 6.68. The van der Waals surface area contributed by atoms with Crippen LogP contribution in [0, 0.1) is 11.3 Å². The molecule has 0 aromatic rings. The molecule has 1 heterocycles. The van der Waals surface area contributed by atoms with E-state index in [1.54, 1.807) is 0 Å². The van der Waals surface area contributed by atoms with Gasteiger partial charge in [0.25, 0.3) is 0 Å². The topological polar surface area (TPSA) is 52.6 Å². The Kier molecular flexibility index (Phi) is 5.22. The summed E-state index contributed by atoms with van der Waals surface area (Å²) in [5, 5.41) is 0. The summed E-state index contributed by atoms with van der Waals surface area (Å²) in [6.45, 7) is 11.7. The van der Waals surface area contributed by atoms with Gasteiger partial charge in [-0.05, 0) is 32.6 Å². The Hall–Kier alpha value is -1.06. The zero-order valence-corrected chi connectivity index (χ0v) is 13.6. The molecule has 1 fully saturated rings. The molecule has 1 saturated heterocycles. The van der Waals surface area contributed by atoms with E-state index >= 15 is 0 Å². The van der Waals surface area contributed by atoms with Crippen LogP contribution in [0.1, 0.15) is 67.2 Å². The smallest absolute Gasteiger partial charge is 0.312 e. The van der Waals surface area contributed by atoms with E-state index in [-0.39, 0.29) is 30.4 Å². The molecule has 1 aliphatic heterocycles. The summed E-state index contributed by atoms with van der Waals surface area (Å²) in [6.07, 6.45) is 2.16. The first-order valence-electron chi connectivity index (χ1n) is 7.62. The molecular formula is C16H28O4. The molecule has 2 atom stereocenters. The molecule has 0 bridgehead atoms. The maximum absolute atomic E-state index is 12.4. The Morgan fingerprint density at radius 3 is 2.50 bits per heavy atom. The lowest BCUT2D eigenvalue weighted by atomic mass is 9.81. The molecular weight excluding hydrogens is 256 g/mol. The molecule has 20 heavy (non-hydrogen) atoms. The Morgan fingerprint density at radius 2 is 2.05 bits per heavy atom. The zero-order valence-electron chi connectivity index (χ0n) is 13.6. The van der Waals surface area contributed by atoms with Gasteiger partial charge in [0, 0.05) is 0 Å². The van der Waals surface area contributed by atoms with Crippen LogP contribution in [-0.4, -0.2) is 23.6 Å². The molecule has 1 aliphatic rings. The van der Waals surface area contributed by atoms with Crippen LogP contribution in [0.15, 0.2) is 0 Å². The molecule has 116 valence electrons. The third kappa shape index (κ3) is 3.15. The van der Waals surface area contributed by atoms with E-state index in [9.17, 15) is 9.59 Å². The summed E-state index contributed by atoms with van der Waals surface area (Å²) in [7, 11) is 0. The van der Waals surface area contributed by atoms with E-state index in [2.05, 4.69) is 0 Å². The van der Waals surface area contributed by atoms with Crippen LogP contribution in [0.4, 0.5) is 0 Å². The fraction of sp³-hybridized carbons (Fsp3) is 0.875. The van der Waals surface area contributed by atoms with Gasteiger partial charge in [-0.25, -0.2) is 0 Å². The Balaban J connectivity index is 3.03. The van der Waals surface area contributed by atoms with Crippen LogP contribution in [-0.2, 0) is 19.1 Å². The quantitative estimate of drug-likeness (QED) is 0.701. The lowest BCUT2D eigenvalue weighted by Crippen LogP contribution is -2.49. The molecule has 0 aliphatic carbocycles. The summed E-state index contributed by atoms with van der Waals surface area (Å²) in [5.74, 6) is -0.463. The number of hydrogen-bond acceptors (Lipinski definition) is 4.